The van der Waals surface area contributed by atoms with Crippen molar-refractivity contribution in [2.75, 3.05) is 20.6 Å². The second kappa shape index (κ2) is 9.61. The minimum Gasteiger partial charge on any atom is -0.361 e. The standard InChI is InChI=1S/C17H23FN4O.HI/c1-12-16(13(2)23-21-12)8-9-20-17(19-3)22(4)11-14-6-5-7-15(18)10-14;/h5-7,10H,8-9,11H2,1-4H3,(H,19,20);1H. The maximum atomic E-state index is 13.3. The smallest absolute Gasteiger partial charge is 0.193 e. The highest BCUT2D eigenvalue weighted by molar-refractivity contribution is 14.0. The van der Waals surface area contributed by atoms with E-state index in [1.165, 1.54) is 12.1 Å². The van der Waals surface area contributed by atoms with E-state index in [1.54, 1.807) is 13.1 Å². The van der Waals surface area contributed by atoms with Gasteiger partial charge in [-0.05, 0) is 38.0 Å². The molecule has 1 aromatic heterocycles. The van der Waals surface area contributed by atoms with Crippen LogP contribution in [0.2, 0.25) is 0 Å². The van der Waals surface area contributed by atoms with Crippen molar-refractivity contribution in [2.45, 2.75) is 26.8 Å². The molecule has 132 valence electrons. The first kappa shape index (κ1) is 20.4. The molecule has 1 N–H and O–H groups in total. The summed E-state index contributed by atoms with van der Waals surface area (Å²) in [4.78, 5) is 6.23. The van der Waals surface area contributed by atoms with Crippen LogP contribution in [0.4, 0.5) is 4.39 Å². The van der Waals surface area contributed by atoms with E-state index in [2.05, 4.69) is 15.5 Å². The molecule has 0 aliphatic carbocycles. The van der Waals surface area contributed by atoms with Crippen LogP contribution in [0.3, 0.4) is 0 Å². The summed E-state index contributed by atoms with van der Waals surface area (Å²) >= 11 is 0. The van der Waals surface area contributed by atoms with Crippen molar-refractivity contribution in [1.29, 1.82) is 0 Å². The van der Waals surface area contributed by atoms with Crippen molar-refractivity contribution < 1.29 is 8.91 Å². The average molecular weight is 446 g/mol. The van der Waals surface area contributed by atoms with E-state index in [-0.39, 0.29) is 29.8 Å². The van der Waals surface area contributed by atoms with Crippen molar-refractivity contribution >= 4 is 29.9 Å². The first-order valence-corrected chi connectivity index (χ1v) is 7.59. The monoisotopic (exact) mass is 446 g/mol. The molecule has 7 heteroatoms. The summed E-state index contributed by atoms with van der Waals surface area (Å²) < 4.78 is 18.4. The van der Waals surface area contributed by atoms with E-state index >= 15 is 0 Å². The first-order valence-electron chi connectivity index (χ1n) is 7.59. The number of rotatable bonds is 5. The van der Waals surface area contributed by atoms with Gasteiger partial charge in [-0.2, -0.15) is 0 Å². The number of nitrogens with zero attached hydrogens (tertiary/aromatic N) is 3. The predicted molar refractivity (Wildman–Crippen MR) is 104 cm³/mol. The zero-order valence-corrected chi connectivity index (χ0v) is 16.8. The number of hydrogen-bond acceptors (Lipinski definition) is 3. The number of aromatic nitrogens is 1. The van der Waals surface area contributed by atoms with E-state index in [1.807, 2.05) is 31.9 Å². The van der Waals surface area contributed by atoms with E-state index < -0.39 is 0 Å². The molecule has 0 atom stereocenters. The molecule has 24 heavy (non-hydrogen) atoms. The molecule has 0 aliphatic heterocycles. The lowest BCUT2D eigenvalue weighted by Gasteiger charge is -2.22. The second-order valence-electron chi connectivity index (χ2n) is 5.51. The first-order chi connectivity index (χ1) is 11.0. The van der Waals surface area contributed by atoms with Crippen LogP contribution in [0.5, 0.6) is 0 Å². The van der Waals surface area contributed by atoms with Crippen LogP contribution in [0, 0.1) is 19.7 Å². The summed E-state index contributed by atoms with van der Waals surface area (Å²) in [6, 6.07) is 6.59. The fraction of sp³-hybridized carbons (Fsp3) is 0.412. The molecule has 0 aliphatic rings. The van der Waals surface area contributed by atoms with Gasteiger partial charge in [0.25, 0.3) is 0 Å². The van der Waals surface area contributed by atoms with Crippen LogP contribution in [0.15, 0.2) is 33.8 Å². The molecule has 5 nitrogen and oxygen atoms in total. The van der Waals surface area contributed by atoms with Gasteiger partial charge in [0.2, 0.25) is 0 Å². The Morgan fingerprint density at radius 3 is 2.71 bits per heavy atom. The van der Waals surface area contributed by atoms with Crippen LogP contribution in [0.1, 0.15) is 22.6 Å². The van der Waals surface area contributed by atoms with E-state index in [0.717, 1.165) is 41.5 Å². The van der Waals surface area contributed by atoms with Crippen LogP contribution >= 0.6 is 24.0 Å². The lowest BCUT2D eigenvalue weighted by atomic mass is 10.1. The van der Waals surface area contributed by atoms with Crippen LogP contribution in [0.25, 0.3) is 0 Å². The molecule has 0 amide bonds. The number of halogens is 2. The molecule has 0 saturated carbocycles. The van der Waals surface area contributed by atoms with Gasteiger partial charge in [0.1, 0.15) is 11.6 Å². The Morgan fingerprint density at radius 2 is 2.12 bits per heavy atom. The topological polar surface area (TPSA) is 53.7 Å². The summed E-state index contributed by atoms with van der Waals surface area (Å²) in [6.45, 7) is 5.17. The molecule has 0 spiro atoms. The normalized spacial score (nSPS) is 11.1. The number of nitrogens with one attached hydrogen (secondary N) is 1. The summed E-state index contributed by atoms with van der Waals surface area (Å²) in [6.07, 6.45) is 0.813. The quantitative estimate of drug-likeness (QED) is 0.435. The van der Waals surface area contributed by atoms with Gasteiger partial charge in [0.05, 0.1) is 5.69 Å². The Kier molecular flexibility index (Phi) is 8.17. The predicted octanol–water partition coefficient (Wildman–Crippen LogP) is 3.30. The van der Waals surface area contributed by atoms with Gasteiger partial charge in [-0.3, -0.25) is 4.99 Å². The Morgan fingerprint density at radius 1 is 1.38 bits per heavy atom. The van der Waals surface area contributed by atoms with Crippen molar-refractivity contribution in [3.05, 3.63) is 52.7 Å². The summed E-state index contributed by atoms with van der Waals surface area (Å²) in [5.74, 6) is 1.39. The fourth-order valence-corrected chi connectivity index (χ4v) is 2.53. The summed E-state index contributed by atoms with van der Waals surface area (Å²) in [5.41, 5.74) is 2.95. The summed E-state index contributed by atoms with van der Waals surface area (Å²) in [5, 5.41) is 7.26. The van der Waals surface area contributed by atoms with Crippen LogP contribution in [-0.4, -0.2) is 36.7 Å². The van der Waals surface area contributed by atoms with Gasteiger partial charge in [0, 0.05) is 32.7 Å². The van der Waals surface area contributed by atoms with Gasteiger partial charge >= 0.3 is 0 Å². The van der Waals surface area contributed by atoms with E-state index in [0.29, 0.717) is 6.54 Å². The molecule has 2 aromatic rings. The summed E-state index contributed by atoms with van der Waals surface area (Å²) in [7, 11) is 3.66. The molecule has 1 heterocycles. The minimum absolute atomic E-state index is 0. The minimum atomic E-state index is -0.225. The van der Waals surface area contributed by atoms with E-state index in [4.69, 9.17) is 4.52 Å². The van der Waals surface area contributed by atoms with Crippen molar-refractivity contribution in [2.24, 2.45) is 4.99 Å². The average Bonchev–Trinajstić information content (AvgIpc) is 2.83. The molecule has 1 aromatic carbocycles. The third-order valence-corrected chi connectivity index (χ3v) is 3.72. The Labute approximate surface area is 159 Å². The molecule has 0 saturated heterocycles. The molecule has 0 radical (unpaired) electrons. The molecule has 2 rings (SSSR count). The van der Waals surface area contributed by atoms with Gasteiger partial charge < -0.3 is 14.7 Å². The Bertz CT molecular complexity index is 667. The molecule has 0 unspecified atom stereocenters. The number of benzene rings is 1. The fourth-order valence-electron chi connectivity index (χ4n) is 2.53. The highest BCUT2D eigenvalue weighted by Gasteiger charge is 2.10. The molecule has 0 fully saturated rings. The van der Waals surface area contributed by atoms with Gasteiger partial charge in [-0.25, -0.2) is 4.39 Å². The van der Waals surface area contributed by atoms with Crippen LogP contribution < -0.4 is 5.32 Å². The van der Waals surface area contributed by atoms with Crippen molar-refractivity contribution in [3.63, 3.8) is 0 Å². The van der Waals surface area contributed by atoms with Crippen molar-refractivity contribution in [3.8, 4) is 0 Å². The molecular weight excluding hydrogens is 422 g/mol. The highest BCUT2D eigenvalue weighted by Crippen LogP contribution is 2.12. The van der Waals surface area contributed by atoms with Gasteiger partial charge in [0.15, 0.2) is 5.96 Å². The van der Waals surface area contributed by atoms with Crippen LogP contribution in [-0.2, 0) is 13.0 Å². The Hall–Kier alpha value is -1.64. The highest BCUT2D eigenvalue weighted by atomic mass is 127. The van der Waals surface area contributed by atoms with Gasteiger partial charge in [-0.15, -0.1) is 24.0 Å². The molecular formula is C17H24FIN4O. The zero-order valence-electron chi connectivity index (χ0n) is 14.5. The maximum absolute atomic E-state index is 13.3. The number of hydrogen-bond donors (Lipinski definition) is 1. The number of aliphatic imine (C=N–C) groups is 1. The third-order valence-electron chi connectivity index (χ3n) is 3.72. The molecule has 0 bridgehead atoms. The lowest BCUT2D eigenvalue weighted by Crippen LogP contribution is -2.39. The number of guanidine groups is 1. The zero-order chi connectivity index (χ0) is 16.8. The van der Waals surface area contributed by atoms with Crippen molar-refractivity contribution in [1.82, 2.24) is 15.4 Å². The lowest BCUT2D eigenvalue weighted by molar-refractivity contribution is 0.392. The van der Waals surface area contributed by atoms with Gasteiger partial charge in [-0.1, -0.05) is 17.3 Å². The third kappa shape index (κ3) is 5.47. The number of aryl methyl sites for hydroxylation is 2. The Balaban J connectivity index is 0.00000288. The maximum Gasteiger partial charge on any atom is 0.193 e. The van der Waals surface area contributed by atoms with E-state index in [9.17, 15) is 4.39 Å². The largest absolute Gasteiger partial charge is 0.361 e. The SMILES string of the molecule is CN=C(NCCc1c(C)noc1C)N(C)Cc1cccc(F)c1.I. The second-order valence-corrected chi connectivity index (χ2v) is 5.51.